The SMILES string of the molecule is CNC(=O)c1ccnc2cc(-c3c(C)cccc3C)ccc12. The second-order valence-electron chi connectivity index (χ2n) is 5.44. The molecule has 0 fully saturated rings. The lowest BCUT2D eigenvalue weighted by Crippen LogP contribution is -2.18. The summed E-state index contributed by atoms with van der Waals surface area (Å²) in [6.07, 6.45) is 1.68. The van der Waals surface area contributed by atoms with Crippen molar-refractivity contribution in [1.29, 1.82) is 0 Å². The van der Waals surface area contributed by atoms with Gasteiger partial charge in [-0.1, -0.05) is 30.3 Å². The van der Waals surface area contributed by atoms with Crippen molar-refractivity contribution in [3.63, 3.8) is 0 Å². The lowest BCUT2D eigenvalue weighted by Gasteiger charge is -2.11. The van der Waals surface area contributed by atoms with Gasteiger partial charge in [-0.2, -0.15) is 0 Å². The first-order valence-corrected chi connectivity index (χ1v) is 7.29. The van der Waals surface area contributed by atoms with E-state index in [1.807, 2.05) is 6.07 Å². The lowest BCUT2D eigenvalue weighted by molar-refractivity contribution is 0.0964. The fraction of sp³-hybridized carbons (Fsp3) is 0.158. The Hall–Kier alpha value is -2.68. The number of nitrogens with one attached hydrogen (secondary N) is 1. The van der Waals surface area contributed by atoms with Crippen LogP contribution in [0.15, 0.2) is 48.7 Å². The second kappa shape index (κ2) is 5.60. The monoisotopic (exact) mass is 290 g/mol. The van der Waals surface area contributed by atoms with Gasteiger partial charge in [0.1, 0.15) is 0 Å². The molecule has 0 aliphatic carbocycles. The summed E-state index contributed by atoms with van der Waals surface area (Å²) in [5, 5.41) is 3.54. The van der Waals surface area contributed by atoms with Crippen LogP contribution in [0, 0.1) is 13.8 Å². The van der Waals surface area contributed by atoms with Gasteiger partial charge in [0.15, 0.2) is 0 Å². The van der Waals surface area contributed by atoms with Gasteiger partial charge in [0, 0.05) is 18.6 Å². The van der Waals surface area contributed by atoms with Crippen molar-refractivity contribution in [3.05, 3.63) is 65.4 Å². The first-order chi connectivity index (χ1) is 10.6. The molecule has 3 aromatic rings. The summed E-state index contributed by atoms with van der Waals surface area (Å²) >= 11 is 0. The van der Waals surface area contributed by atoms with E-state index < -0.39 is 0 Å². The predicted octanol–water partition coefficient (Wildman–Crippen LogP) is 3.88. The molecule has 0 saturated carbocycles. The van der Waals surface area contributed by atoms with Crippen molar-refractivity contribution in [2.45, 2.75) is 13.8 Å². The van der Waals surface area contributed by atoms with Crippen molar-refractivity contribution < 1.29 is 4.79 Å². The van der Waals surface area contributed by atoms with Gasteiger partial charge < -0.3 is 5.32 Å². The summed E-state index contributed by atoms with van der Waals surface area (Å²) in [6.45, 7) is 4.22. The number of aromatic nitrogens is 1. The average Bonchev–Trinajstić information content (AvgIpc) is 2.53. The van der Waals surface area contributed by atoms with Gasteiger partial charge in [0.2, 0.25) is 0 Å². The fourth-order valence-corrected chi connectivity index (χ4v) is 2.91. The molecule has 1 aromatic heterocycles. The molecule has 22 heavy (non-hydrogen) atoms. The number of carbonyl (C=O) groups excluding carboxylic acids is 1. The molecule has 2 aromatic carbocycles. The van der Waals surface area contributed by atoms with Crippen molar-refractivity contribution in [3.8, 4) is 11.1 Å². The zero-order valence-electron chi connectivity index (χ0n) is 13.0. The smallest absolute Gasteiger partial charge is 0.251 e. The quantitative estimate of drug-likeness (QED) is 0.778. The van der Waals surface area contributed by atoms with E-state index in [0.29, 0.717) is 5.56 Å². The Morgan fingerprint density at radius 2 is 1.77 bits per heavy atom. The molecule has 0 radical (unpaired) electrons. The van der Waals surface area contributed by atoms with Gasteiger partial charge >= 0.3 is 0 Å². The molecule has 110 valence electrons. The maximum Gasteiger partial charge on any atom is 0.251 e. The topological polar surface area (TPSA) is 42.0 Å². The van der Waals surface area contributed by atoms with E-state index in [2.05, 4.69) is 54.5 Å². The maximum absolute atomic E-state index is 12.0. The molecule has 0 unspecified atom stereocenters. The molecule has 0 atom stereocenters. The highest BCUT2D eigenvalue weighted by atomic mass is 16.1. The molecule has 0 saturated heterocycles. The number of benzene rings is 2. The maximum atomic E-state index is 12.0. The van der Waals surface area contributed by atoms with Crippen LogP contribution in [0.4, 0.5) is 0 Å². The van der Waals surface area contributed by atoms with Crippen molar-refractivity contribution >= 4 is 16.8 Å². The summed E-state index contributed by atoms with van der Waals surface area (Å²) in [7, 11) is 1.64. The second-order valence-corrected chi connectivity index (χ2v) is 5.44. The summed E-state index contributed by atoms with van der Waals surface area (Å²) in [4.78, 5) is 16.4. The summed E-state index contributed by atoms with van der Waals surface area (Å²) in [6, 6.07) is 14.1. The number of carbonyl (C=O) groups is 1. The van der Waals surface area contributed by atoms with Gasteiger partial charge in [-0.25, -0.2) is 0 Å². The standard InChI is InChI=1S/C19H18N2O/c1-12-5-4-6-13(2)18(12)14-7-8-15-16(19(22)20-3)9-10-21-17(15)11-14/h4-11H,1-3H3,(H,20,22). The summed E-state index contributed by atoms with van der Waals surface area (Å²) in [5.74, 6) is -0.0905. The molecule has 0 aliphatic rings. The number of hydrogen-bond donors (Lipinski definition) is 1. The first kappa shape index (κ1) is 14.3. The number of rotatable bonds is 2. The number of aryl methyl sites for hydroxylation is 2. The van der Waals surface area contributed by atoms with E-state index in [4.69, 9.17) is 0 Å². The van der Waals surface area contributed by atoms with Crippen LogP contribution in [0.1, 0.15) is 21.5 Å². The first-order valence-electron chi connectivity index (χ1n) is 7.29. The van der Waals surface area contributed by atoms with Crippen LogP contribution in [0.2, 0.25) is 0 Å². The van der Waals surface area contributed by atoms with Gasteiger partial charge in [-0.3, -0.25) is 9.78 Å². The van der Waals surface area contributed by atoms with Crippen LogP contribution in [-0.2, 0) is 0 Å². The number of amides is 1. The average molecular weight is 290 g/mol. The Morgan fingerprint density at radius 3 is 2.45 bits per heavy atom. The Balaban J connectivity index is 2.22. The molecule has 1 amide bonds. The van der Waals surface area contributed by atoms with E-state index in [1.165, 1.54) is 16.7 Å². The lowest BCUT2D eigenvalue weighted by atomic mass is 9.94. The van der Waals surface area contributed by atoms with E-state index in [9.17, 15) is 4.79 Å². The van der Waals surface area contributed by atoms with Crippen LogP contribution in [0.3, 0.4) is 0 Å². The third kappa shape index (κ3) is 2.35. The van der Waals surface area contributed by atoms with Gasteiger partial charge in [0.25, 0.3) is 5.91 Å². The van der Waals surface area contributed by atoms with Crippen LogP contribution < -0.4 is 5.32 Å². The van der Waals surface area contributed by atoms with Gasteiger partial charge in [-0.15, -0.1) is 0 Å². The van der Waals surface area contributed by atoms with Crippen molar-refractivity contribution in [1.82, 2.24) is 10.3 Å². The van der Waals surface area contributed by atoms with Crippen LogP contribution >= 0.6 is 0 Å². The molecule has 0 spiro atoms. The number of pyridine rings is 1. The fourth-order valence-electron chi connectivity index (χ4n) is 2.91. The third-order valence-corrected chi connectivity index (χ3v) is 3.98. The molecular weight excluding hydrogens is 272 g/mol. The highest BCUT2D eigenvalue weighted by Gasteiger charge is 2.11. The summed E-state index contributed by atoms with van der Waals surface area (Å²) < 4.78 is 0. The minimum absolute atomic E-state index is 0.0905. The predicted molar refractivity (Wildman–Crippen MR) is 90.0 cm³/mol. The highest BCUT2D eigenvalue weighted by molar-refractivity contribution is 6.06. The van der Waals surface area contributed by atoms with Crippen LogP contribution in [0.25, 0.3) is 22.0 Å². The Labute approximate surface area is 130 Å². The largest absolute Gasteiger partial charge is 0.355 e. The molecule has 3 nitrogen and oxygen atoms in total. The molecule has 1 N–H and O–H groups in total. The summed E-state index contributed by atoms with van der Waals surface area (Å²) in [5.41, 5.74) is 6.33. The number of nitrogens with zero attached hydrogens (tertiary/aromatic N) is 1. The molecule has 3 heteroatoms. The van der Waals surface area contributed by atoms with E-state index in [-0.39, 0.29) is 5.91 Å². The minimum Gasteiger partial charge on any atom is -0.355 e. The van der Waals surface area contributed by atoms with E-state index in [1.54, 1.807) is 19.3 Å². The number of hydrogen-bond acceptors (Lipinski definition) is 2. The molecule has 3 rings (SSSR count). The van der Waals surface area contributed by atoms with Crippen molar-refractivity contribution in [2.24, 2.45) is 0 Å². The molecular formula is C19H18N2O. The van der Waals surface area contributed by atoms with Crippen LogP contribution in [-0.4, -0.2) is 17.9 Å². The Morgan fingerprint density at radius 1 is 1.05 bits per heavy atom. The highest BCUT2D eigenvalue weighted by Crippen LogP contribution is 2.30. The molecule has 0 bridgehead atoms. The molecule has 0 aliphatic heterocycles. The van der Waals surface area contributed by atoms with Gasteiger partial charge in [-0.05, 0) is 48.2 Å². The van der Waals surface area contributed by atoms with Crippen molar-refractivity contribution in [2.75, 3.05) is 7.05 Å². The Kier molecular flexibility index (Phi) is 3.63. The normalized spacial score (nSPS) is 10.7. The molecule has 1 heterocycles. The van der Waals surface area contributed by atoms with E-state index in [0.717, 1.165) is 16.5 Å². The Bertz CT molecular complexity index is 848. The zero-order valence-corrected chi connectivity index (χ0v) is 13.0. The minimum atomic E-state index is -0.0905. The van der Waals surface area contributed by atoms with Gasteiger partial charge in [0.05, 0.1) is 11.1 Å². The van der Waals surface area contributed by atoms with E-state index >= 15 is 0 Å². The zero-order chi connectivity index (χ0) is 15.7. The third-order valence-electron chi connectivity index (χ3n) is 3.98. The van der Waals surface area contributed by atoms with Crippen LogP contribution in [0.5, 0.6) is 0 Å². The number of fused-ring (bicyclic) bond motifs is 1.